The van der Waals surface area contributed by atoms with E-state index in [0.717, 1.165) is 58.1 Å². The molecule has 0 radical (unpaired) electrons. The molecule has 0 saturated carbocycles. The van der Waals surface area contributed by atoms with Gasteiger partial charge in [-0.25, -0.2) is 63.7 Å². The average molecular weight is 3280 g/mol. The molecule has 0 spiro atoms. The normalized spacial score (nSPS) is 12.4. The highest BCUT2D eigenvalue weighted by atomic mass is 127. The minimum atomic E-state index is -3.91. The van der Waals surface area contributed by atoms with Crippen molar-refractivity contribution in [2.45, 2.75) is 61.0 Å². The topological polar surface area (TPSA) is 657 Å². The maximum absolute atomic E-state index is 12.5. The van der Waals surface area contributed by atoms with Gasteiger partial charge in [-0.3, -0.25) is 28.9 Å². The van der Waals surface area contributed by atoms with Gasteiger partial charge in [0, 0.05) is 148 Å². The number of hydrogen-bond donors (Lipinski definition) is 1. The Morgan fingerprint density at radius 3 is 1.01 bits per heavy atom. The summed E-state index contributed by atoms with van der Waals surface area (Å²) in [5.41, 5.74) is 1.82. The molecule has 0 fully saturated rings. The molecule has 61 heteroatoms. The third-order valence-corrected chi connectivity index (χ3v) is 27.8. The lowest BCUT2D eigenvalue weighted by Crippen LogP contribution is -2.34. The first kappa shape index (κ1) is 130. The van der Waals surface area contributed by atoms with Crippen LogP contribution in [0, 0.1) is 39.3 Å². The summed E-state index contributed by atoms with van der Waals surface area (Å²) in [6, 6.07) is 24.1. The monoisotopic (exact) mass is 3280 g/mol. The van der Waals surface area contributed by atoms with Gasteiger partial charge in [0.25, 0.3) is 0 Å². The Kier molecular flexibility index (Phi) is 53.3. The van der Waals surface area contributed by atoms with Crippen molar-refractivity contribution < 1.29 is 147 Å². The molecule has 1 N–H and O–H groups in total. The van der Waals surface area contributed by atoms with Gasteiger partial charge in [-0.15, -0.1) is 0 Å². The predicted molar refractivity (Wildman–Crippen MR) is 597 cm³/mol. The molecule has 7 aromatic rings. The number of benzene rings is 7. The van der Waals surface area contributed by atoms with E-state index in [1.54, 1.807) is 58.2 Å². The molecule has 4 amide bonds. The molecule has 43 nitrogen and oxygen atoms in total. The fraction of sp³-hybridized carbons (Fsp3) is 0.276. The van der Waals surface area contributed by atoms with E-state index in [1.807, 2.05) is 226 Å². The summed E-state index contributed by atoms with van der Waals surface area (Å²) in [5.74, 6) is -7.10. The number of halogens is 11. The summed E-state index contributed by atoms with van der Waals surface area (Å²) in [6.07, 6.45) is 5.36. The zero-order valence-corrected chi connectivity index (χ0v) is 104. The Morgan fingerprint density at radius 2 is 0.664 bits per heavy atom. The van der Waals surface area contributed by atoms with Crippen molar-refractivity contribution >= 4 is 418 Å². The molecule has 0 bridgehead atoms. The minimum Gasteiger partial charge on any atom is -0.858 e. The van der Waals surface area contributed by atoms with E-state index in [9.17, 15) is 123 Å². The van der Waals surface area contributed by atoms with Gasteiger partial charge in [0.2, 0.25) is 87.9 Å². The standard InChI is InChI=1S/C14H16I3N3O5S.C14H19IN2O5S.C10H9I3N2O4S.2C10H10INO5S.2C9H10INO4S/c1-6(21)19(3)12-9(15)8(14(23)18-26(5,24)25)10(16)13(11(12)17)20(4)7(2)22;1-14(2,3)22-13(19)17(4)11-7-6-9(8-10(11)15)12(18)16-23(5,20)21;1-4(16)14-9-6(12)3-5(11)7(8(9)13)10(17)15-20(2,18)19;1-6(13)17-9-5-7(11)3-4-8(9)10(14)12-18(2,15)16;1-6(13)17-9-5-7(3-4-8(9)11)10(14)12-18(2,15)16;1-15-8-5-6(10)3-4-7(8)9(12)11-16(2,13)14;1-15-8-5-6(3-4-7(8)10)9(12)11-16(2,13)14/h1-5H3,(H,18,23);6-8H,1-5H3,(H,16,18);3H,1-2H3,(H,14,16)(H,15,17);2*3-5H,1-2H3,(H,12,14);2*3-5H,1-2H3,(H,11,12)/p-7. The van der Waals surface area contributed by atoms with Crippen LogP contribution in [0.1, 0.15) is 94.3 Å². The Bertz CT molecular complexity index is 6840. The molecule has 0 aromatic heterocycles. The highest BCUT2D eigenvalue weighted by Gasteiger charge is 2.29. The number of hydrogen-bond acceptors (Lipinski definition) is 32. The first-order valence-electron chi connectivity index (χ1n) is 35.9. The molecule has 0 unspecified atom stereocenters. The van der Waals surface area contributed by atoms with E-state index in [1.165, 1.54) is 144 Å². The van der Waals surface area contributed by atoms with Crippen molar-refractivity contribution in [1.29, 1.82) is 0 Å². The fourth-order valence-electron chi connectivity index (χ4n) is 8.97. The third kappa shape index (κ3) is 48.3. The molecular formula is C76H77I11N11O32S7-7. The quantitative estimate of drug-likeness (QED) is 0.0264. The summed E-state index contributed by atoms with van der Waals surface area (Å²) < 4.78 is 208. The Morgan fingerprint density at radius 1 is 0.343 bits per heavy atom. The van der Waals surface area contributed by atoms with Crippen LogP contribution < -0.4 is 74.7 Å². The molecule has 137 heavy (non-hydrogen) atoms. The van der Waals surface area contributed by atoms with Crippen molar-refractivity contribution in [2.24, 2.45) is 30.8 Å². The van der Waals surface area contributed by atoms with Crippen LogP contribution in [0.5, 0.6) is 23.0 Å². The van der Waals surface area contributed by atoms with Crippen LogP contribution in [0.4, 0.5) is 27.5 Å². The number of nitrogens with zero attached hydrogens (tertiary/aromatic N) is 10. The van der Waals surface area contributed by atoms with Gasteiger partial charge in [-0.1, -0.05) is 18.2 Å². The number of esters is 2. The van der Waals surface area contributed by atoms with Crippen LogP contribution in [-0.2, 0) is 98.9 Å². The molecule has 0 saturated heterocycles. The van der Waals surface area contributed by atoms with E-state index in [-0.39, 0.29) is 68.2 Å². The van der Waals surface area contributed by atoms with Crippen LogP contribution in [0.15, 0.2) is 128 Å². The fourth-order valence-corrected chi connectivity index (χ4v) is 23.8. The van der Waals surface area contributed by atoms with Gasteiger partial charge in [-0.2, -0.15) is 30.8 Å². The number of anilines is 4. The van der Waals surface area contributed by atoms with Gasteiger partial charge in [0.05, 0.1) is 91.5 Å². The second-order valence-corrected chi connectivity index (χ2v) is 51.7. The number of nitrogens with one attached hydrogen (secondary N) is 1. The maximum Gasteiger partial charge on any atom is 0.414 e. The third-order valence-electron chi connectivity index (χ3n) is 14.4. The number of ether oxygens (including phenoxy) is 5. The molecule has 0 aliphatic rings. The van der Waals surface area contributed by atoms with E-state index in [0.29, 0.717) is 59.2 Å². The summed E-state index contributed by atoms with van der Waals surface area (Å²) in [6.45, 7) is 11.8. The second-order valence-electron chi connectivity index (χ2n) is 27.5. The van der Waals surface area contributed by atoms with Crippen LogP contribution in [0.2, 0.25) is 0 Å². The Hall–Kier alpha value is -5.27. The number of rotatable bonds is 22. The van der Waals surface area contributed by atoms with Gasteiger partial charge in [0.15, 0.2) is 0 Å². The molecule has 7 aromatic carbocycles. The van der Waals surface area contributed by atoms with Crippen molar-refractivity contribution in [2.75, 3.05) is 99.2 Å². The van der Waals surface area contributed by atoms with Gasteiger partial charge >= 0.3 is 18.0 Å². The number of sulfonamides is 7. The van der Waals surface area contributed by atoms with Crippen molar-refractivity contribution in [3.05, 3.63) is 175 Å². The Labute approximate surface area is 941 Å². The maximum atomic E-state index is 12.5. The van der Waals surface area contributed by atoms with E-state index in [2.05, 4.69) is 58.7 Å². The number of carbonyl (C=O) groups is 6. The van der Waals surface area contributed by atoms with Gasteiger partial charge in [0.1, 0.15) is 28.6 Å². The van der Waals surface area contributed by atoms with Crippen LogP contribution in [0.3, 0.4) is 0 Å². The lowest BCUT2D eigenvalue weighted by atomic mass is 10.1. The number of carbonyl (C=O) groups excluding carboxylic acids is 6. The summed E-state index contributed by atoms with van der Waals surface area (Å²) in [5, 5.41) is 85.0. The van der Waals surface area contributed by atoms with Crippen molar-refractivity contribution in [3.8, 4) is 23.0 Å². The lowest BCUT2D eigenvalue weighted by Gasteiger charge is -2.29. The molecular weight excluding hydrogens is 3200 g/mol. The van der Waals surface area contributed by atoms with E-state index < -0.39 is 135 Å². The summed E-state index contributed by atoms with van der Waals surface area (Å²) >= 11 is 21.6. The Balaban J connectivity index is 0.000000804. The highest BCUT2D eigenvalue weighted by Crippen LogP contribution is 2.43. The molecule has 0 atom stereocenters. The average Bonchev–Trinajstić information content (AvgIpc) is 0.751. The molecule has 0 heterocycles. The van der Waals surface area contributed by atoms with Crippen LogP contribution in [-0.4, -0.2) is 221 Å². The SMILES string of the molecule is CC(=O)N(C)c1c(I)c(C([O-])=NS(C)(=O)=O)c(I)c(N(C)C(C)=O)c1I.CC(=O)Nc1c(I)cc(I)c(C([O-])=NS(C)(=O)=O)c1I.CC(=O)Oc1cc(C([O-])=NS(C)(=O)=O)ccc1I.CC(=O)Oc1cc(I)ccc1C([O-])=NS(C)(=O)=O.CN(C(=O)OC(C)(C)C)c1ccc(C([O-])=NS(C)(=O)=O)cc1I.COc1cc(C([O-])=NS(C)(=O)=O)ccc1I.COc1cc(I)ccc1C([O-])=NS(C)(=O)=O. The largest absolute Gasteiger partial charge is 0.858 e. The van der Waals surface area contributed by atoms with Crippen LogP contribution >= 0.6 is 248 Å². The van der Waals surface area contributed by atoms with Crippen molar-refractivity contribution in [3.63, 3.8) is 0 Å². The highest BCUT2D eigenvalue weighted by molar-refractivity contribution is 14.1. The van der Waals surface area contributed by atoms with Gasteiger partial charge < -0.3 is 74.5 Å². The van der Waals surface area contributed by atoms with E-state index in [4.69, 9.17) is 23.7 Å². The van der Waals surface area contributed by atoms with Crippen molar-refractivity contribution in [1.82, 2.24) is 0 Å². The molecule has 0 aliphatic heterocycles. The lowest BCUT2D eigenvalue weighted by molar-refractivity contribution is -0.213. The number of methoxy groups -OCH3 is 2. The zero-order chi connectivity index (χ0) is 107. The molecule has 7 rings (SSSR count). The number of amides is 4. The first-order chi connectivity index (χ1) is 62.1. The second kappa shape index (κ2) is 56.3. The zero-order valence-electron chi connectivity index (χ0n) is 74.3. The molecule has 754 valence electrons. The summed E-state index contributed by atoms with van der Waals surface area (Å²) in [7, 11) is -18.8. The van der Waals surface area contributed by atoms with Crippen LogP contribution in [0.25, 0.3) is 0 Å². The summed E-state index contributed by atoms with van der Waals surface area (Å²) in [4.78, 5) is 72.8. The first-order valence-corrected chi connectivity index (χ1v) is 60.7. The minimum absolute atomic E-state index is 0.00759. The smallest absolute Gasteiger partial charge is 0.414 e. The van der Waals surface area contributed by atoms with Gasteiger partial charge in [-0.05, 0) is 365 Å². The van der Waals surface area contributed by atoms with E-state index >= 15 is 0 Å². The predicted octanol–water partition coefficient (Wildman–Crippen LogP) is 6.09. The molecule has 0 aliphatic carbocycles.